The minimum atomic E-state index is 0.605. The molecule has 11 aromatic rings. The van der Waals surface area contributed by atoms with Crippen molar-refractivity contribution in [3.63, 3.8) is 0 Å². The van der Waals surface area contributed by atoms with Gasteiger partial charge in [-0.05, 0) is 69.4 Å². The molecule has 252 valence electrons. The number of nitrogens with zero attached hydrogens (tertiary/aromatic N) is 3. The van der Waals surface area contributed by atoms with E-state index in [9.17, 15) is 0 Å². The van der Waals surface area contributed by atoms with Crippen LogP contribution in [0.15, 0.2) is 180 Å². The summed E-state index contributed by atoms with van der Waals surface area (Å²) in [7, 11) is 0. The summed E-state index contributed by atoms with van der Waals surface area (Å²) in [5, 5.41) is 6.88. The number of fused-ring (bicyclic) bond motifs is 7. The fourth-order valence-electron chi connectivity index (χ4n) is 7.73. The Hall–Kier alpha value is -6.95. The van der Waals surface area contributed by atoms with E-state index in [1.165, 1.54) is 36.7 Å². The average molecular weight is 708 g/mol. The van der Waals surface area contributed by atoms with Crippen LogP contribution in [0.3, 0.4) is 0 Å². The van der Waals surface area contributed by atoms with E-state index in [1.54, 1.807) is 11.3 Å². The number of thiophene rings is 1. The van der Waals surface area contributed by atoms with Gasteiger partial charge in [-0.25, -0.2) is 15.0 Å². The zero-order valence-corrected chi connectivity index (χ0v) is 29.7. The first-order chi connectivity index (χ1) is 26.7. The Bertz CT molecular complexity index is 3100. The molecule has 3 aromatic heterocycles. The van der Waals surface area contributed by atoms with Gasteiger partial charge in [-0.1, -0.05) is 140 Å². The number of hydrogen-bond acceptors (Lipinski definition) is 5. The molecule has 0 aliphatic rings. The minimum absolute atomic E-state index is 0.605. The number of benzene rings is 8. The normalized spacial score (nSPS) is 11.7. The molecule has 5 heteroatoms. The predicted octanol–water partition coefficient (Wildman–Crippen LogP) is 13.6. The average Bonchev–Trinajstić information content (AvgIpc) is 3.82. The maximum Gasteiger partial charge on any atom is 0.164 e. The summed E-state index contributed by atoms with van der Waals surface area (Å²) < 4.78 is 8.73. The zero-order valence-electron chi connectivity index (χ0n) is 28.9. The van der Waals surface area contributed by atoms with Crippen molar-refractivity contribution in [3.8, 4) is 56.4 Å². The molecule has 0 aliphatic heterocycles. The molecule has 0 saturated carbocycles. The Morgan fingerprint density at radius 3 is 1.76 bits per heavy atom. The Morgan fingerprint density at radius 2 is 0.926 bits per heavy atom. The van der Waals surface area contributed by atoms with Gasteiger partial charge in [0.25, 0.3) is 0 Å². The lowest BCUT2D eigenvalue weighted by Crippen LogP contribution is -2.01. The first kappa shape index (κ1) is 30.7. The second kappa shape index (κ2) is 12.3. The van der Waals surface area contributed by atoms with Gasteiger partial charge < -0.3 is 4.42 Å². The van der Waals surface area contributed by atoms with Gasteiger partial charge in [0.05, 0.1) is 0 Å². The molecule has 3 heterocycles. The molecule has 0 fully saturated rings. The van der Waals surface area contributed by atoms with Crippen molar-refractivity contribution in [1.82, 2.24) is 15.0 Å². The van der Waals surface area contributed by atoms with Gasteiger partial charge in [0, 0.05) is 47.6 Å². The molecule has 0 spiro atoms. The van der Waals surface area contributed by atoms with Crippen LogP contribution >= 0.6 is 11.3 Å². The van der Waals surface area contributed by atoms with Crippen molar-refractivity contribution < 1.29 is 4.42 Å². The third kappa shape index (κ3) is 5.09. The lowest BCUT2D eigenvalue weighted by molar-refractivity contribution is 0.669. The van der Waals surface area contributed by atoms with E-state index in [2.05, 4.69) is 146 Å². The molecule has 4 nitrogen and oxygen atoms in total. The maximum absolute atomic E-state index is 6.29. The van der Waals surface area contributed by atoms with Gasteiger partial charge >= 0.3 is 0 Å². The molecule has 0 radical (unpaired) electrons. The minimum Gasteiger partial charge on any atom is -0.456 e. The van der Waals surface area contributed by atoms with E-state index in [-0.39, 0.29) is 0 Å². The molecule has 0 bridgehead atoms. The summed E-state index contributed by atoms with van der Waals surface area (Å²) in [4.78, 5) is 15.7. The summed E-state index contributed by atoms with van der Waals surface area (Å²) >= 11 is 1.79. The molecule has 11 rings (SSSR count). The van der Waals surface area contributed by atoms with Gasteiger partial charge in [0.2, 0.25) is 0 Å². The topological polar surface area (TPSA) is 51.8 Å². The van der Waals surface area contributed by atoms with Gasteiger partial charge in [-0.15, -0.1) is 11.3 Å². The first-order valence-corrected chi connectivity index (χ1v) is 18.8. The van der Waals surface area contributed by atoms with Crippen LogP contribution in [0.2, 0.25) is 0 Å². The third-order valence-corrected chi connectivity index (χ3v) is 11.5. The number of furan rings is 1. The Morgan fingerprint density at radius 1 is 0.352 bits per heavy atom. The summed E-state index contributed by atoms with van der Waals surface area (Å²) in [5.74, 6) is 1.86. The second-order valence-electron chi connectivity index (χ2n) is 13.6. The van der Waals surface area contributed by atoms with Crippen LogP contribution < -0.4 is 0 Å². The molecule has 8 aromatic carbocycles. The number of aromatic nitrogens is 3. The van der Waals surface area contributed by atoms with Crippen molar-refractivity contribution in [3.05, 3.63) is 176 Å². The molecule has 0 aliphatic carbocycles. The first-order valence-electron chi connectivity index (χ1n) is 18.0. The molecule has 0 saturated heterocycles. The standard InChI is InChI=1S/C49H29N3OS/c1-2-11-33-28-35(27-26-30(33)10-1)32-24-22-31(23-25-32)34-12-7-13-36(29-34)47-50-48(39-16-8-19-42-45(39)37-14-3-5-18-41(37)53-42)52-49(51-47)40-17-9-21-44-46(40)38-15-4-6-20-43(38)54-44/h1-29H. The number of hydrogen-bond donors (Lipinski definition) is 0. The molecule has 0 atom stereocenters. The highest BCUT2D eigenvalue weighted by Gasteiger charge is 2.20. The van der Waals surface area contributed by atoms with Gasteiger partial charge in [-0.3, -0.25) is 0 Å². The van der Waals surface area contributed by atoms with Crippen molar-refractivity contribution in [1.29, 1.82) is 0 Å². The molecular weight excluding hydrogens is 679 g/mol. The lowest BCUT2D eigenvalue weighted by Gasteiger charge is -2.11. The molecule has 0 N–H and O–H groups in total. The lowest BCUT2D eigenvalue weighted by atomic mass is 9.97. The zero-order chi connectivity index (χ0) is 35.6. The fraction of sp³-hybridized carbons (Fsp3) is 0. The monoisotopic (exact) mass is 707 g/mol. The van der Waals surface area contributed by atoms with Crippen LogP contribution in [-0.4, -0.2) is 15.0 Å². The molecule has 0 unspecified atom stereocenters. The molecule has 0 amide bonds. The summed E-state index contributed by atoms with van der Waals surface area (Å²) in [6.07, 6.45) is 0. The van der Waals surface area contributed by atoms with Gasteiger partial charge in [-0.2, -0.15) is 0 Å². The predicted molar refractivity (Wildman–Crippen MR) is 225 cm³/mol. The van der Waals surface area contributed by atoms with Crippen molar-refractivity contribution in [2.45, 2.75) is 0 Å². The molecule has 54 heavy (non-hydrogen) atoms. The highest BCUT2D eigenvalue weighted by Crippen LogP contribution is 2.41. The van der Waals surface area contributed by atoms with Crippen LogP contribution in [0.5, 0.6) is 0 Å². The van der Waals surface area contributed by atoms with Crippen molar-refractivity contribution in [2.24, 2.45) is 0 Å². The van der Waals surface area contributed by atoms with Crippen molar-refractivity contribution >= 4 is 64.2 Å². The van der Waals surface area contributed by atoms with Gasteiger partial charge in [0.1, 0.15) is 11.2 Å². The van der Waals surface area contributed by atoms with E-state index in [4.69, 9.17) is 19.4 Å². The summed E-state index contributed by atoms with van der Waals surface area (Å²) in [6, 6.07) is 61.6. The fourth-order valence-corrected chi connectivity index (χ4v) is 8.86. The van der Waals surface area contributed by atoms with Crippen LogP contribution in [0.1, 0.15) is 0 Å². The number of para-hydroxylation sites is 1. The number of rotatable bonds is 5. The van der Waals surface area contributed by atoms with Crippen LogP contribution in [0, 0.1) is 0 Å². The Kier molecular flexibility index (Phi) is 7.00. The van der Waals surface area contributed by atoms with Crippen molar-refractivity contribution in [2.75, 3.05) is 0 Å². The maximum atomic E-state index is 6.29. The molecular formula is C49H29N3OS. The van der Waals surface area contributed by atoms with Crippen LogP contribution in [0.25, 0.3) is 109 Å². The quantitative estimate of drug-likeness (QED) is 0.179. The van der Waals surface area contributed by atoms with E-state index < -0.39 is 0 Å². The highest BCUT2D eigenvalue weighted by atomic mass is 32.1. The Labute approximate surface area is 314 Å². The van der Waals surface area contributed by atoms with Crippen LogP contribution in [0.4, 0.5) is 0 Å². The summed E-state index contributed by atoms with van der Waals surface area (Å²) in [5.41, 5.74) is 9.05. The van der Waals surface area contributed by atoms with Gasteiger partial charge in [0.15, 0.2) is 17.5 Å². The van der Waals surface area contributed by atoms with E-state index >= 15 is 0 Å². The second-order valence-corrected chi connectivity index (χ2v) is 14.7. The van der Waals surface area contributed by atoms with E-state index in [0.717, 1.165) is 55.1 Å². The van der Waals surface area contributed by atoms with Crippen LogP contribution in [-0.2, 0) is 0 Å². The highest BCUT2D eigenvalue weighted by molar-refractivity contribution is 7.25. The SMILES string of the molecule is c1cc(-c2ccc(-c3ccc4ccccc4c3)cc2)cc(-c2nc(-c3cccc4oc5ccccc5c34)nc(-c3cccc4sc5ccccc5c34)n2)c1. The van der Waals surface area contributed by atoms with E-state index in [0.29, 0.717) is 17.5 Å². The smallest absolute Gasteiger partial charge is 0.164 e. The van der Waals surface area contributed by atoms with E-state index in [1.807, 2.05) is 30.3 Å². The Balaban J connectivity index is 1.07. The third-order valence-electron chi connectivity index (χ3n) is 10.3. The summed E-state index contributed by atoms with van der Waals surface area (Å²) in [6.45, 7) is 0. The largest absolute Gasteiger partial charge is 0.456 e.